The van der Waals surface area contributed by atoms with Crippen molar-refractivity contribution in [3.8, 4) is 0 Å². The van der Waals surface area contributed by atoms with Crippen LogP contribution in [0.4, 0.5) is 0 Å². The molecule has 0 aromatic carbocycles. The normalized spacial score (nSPS) is 19.3. The van der Waals surface area contributed by atoms with Gasteiger partial charge in [-0.05, 0) is 44.7 Å². The smallest absolute Gasteiger partial charge is 0.111 e. The standard InChI is InChI=1S/C14H23NS/c1-12-9-10-14(16-12)11-15-13-7-5-3-2-4-6-8-13/h9-10,13,15H,2-8,11H2,1H3/p+1. The molecule has 0 spiro atoms. The second-order valence-electron chi connectivity index (χ2n) is 5.06. The first kappa shape index (κ1) is 12.1. The summed E-state index contributed by atoms with van der Waals surface area (Å²) in [6.07, 6.45) is 10.2. The van der Waals surface area contributed by atoms with Crippen LogP contribution in [0.15, 0.2) is 12.1 Å². The van der Waals surface area contributed by atoms with Crippen LogP contribution in [0.5, 0.6) is 0 Å². The number of hydrogen-bond donors (Lipinski definition) is 1. The van der Waals surface area contributed by atoms with E-state index in [1.165, 1.54) is 56.4 Å². The number of thiophene rings is 1. The highest BCUT2D eigenvalue weighted by molar-refractivity contribution is 7.11. The molecule has 90 valence electrons. The van der Waals surface area contributed by atoms with Crippen molar-refractivity contribution in [1.29, 1.82) is 0 Å². The molecule has 0 saturated heterocycles. The van der Waals surface area contributed by atoms with Crippen LogP contribution in [0.2, 0.25) is 0 Å². The van der Waals surface area contributed by atoms with Gasteiger partial charge >= 0.3 is 0 Å². The third kappa shape index (κ3) is 3.91. The molecular formula is C14H24NS+. The van der Waals surface area contributed by atoms with Crippen LogP contribution >= 0.6 is 11.3 Å². The lowest BCUT2D eigenvalue weighted by molar-refractivity contribution is -0.705. The van der Waals surface area contributed by atoms with Crippen LogP contribution in [-0.4, -0.2) is 6.04 Å². The van der Waals surface area contributed by atoms with Gasteiger partial charge < -0.3 is 5.32 Å². The highest BCUT2D eigenvalue weighted by Gasteiger charge is 2.13. The van der Waals surface area contributed by atoms with E-state index < -0.39 is 0 Å². The summed E-state index contributed by atoms with van der Waals surface area (Å²) >= 11 is 1.95. The van der Waals surface area contributed by atoms with Gasteiger partial charge in [0.15, 0.2) is 0 Å². The fourth-order valence-corrected chi connectivity index (χ4v) is 3.47. The number of aryl methyl sites for hydroxylation is 1. The predicted molar refractivity (Wildman–Crippen MR) is 70.8 cm³/mol. The highest BCUT2D eigenvalue weighted by Crippen LogP contribution is 2.16. The highest BCUT2D eigenvalue weighted by atomic mass is 32.1. The molecule has 1 fully saturated rings. The van der Waals surface area contributed by atoms with E-state index in [9.17, 15) is 0 Å². The van der Waals surface area contributed by atoms with Gasteiger partial charge in [-0.25, -0.2) is 0 Å². The summed E-state index contributed by atoms with van der Waals surface area (Å²) in [6, 6.07) is 5.42. The molecule has 1 aliphatic carbocycles. The van der Waals surface area contributed by atoms with Crippen molar-refractivity contribution in [3.63, 3.8) is 0 Å². The number of nitrogens with two attached hydrogens (primary N) is 1. The Morgan fingerprint density at radius 3 is 2.44 bits per heavy atom. The lowest BCUT2D eigenvalue weighted by atomic mass is 9.97. The maximum atomic E-state index is 2.58. The van der Waals surface area contributed by atoms with Gasteiger partial charge in [0.2, 0.25) is 0 Å². The zero-order chi connectivity index (χ0) is 11.2. The summed E-state index contributed by atoms with van der Waals surface area (Å²) < 4.78 is 0. The SMILES string of the molecule is Cc1ccc(C[NH2+]C2CCCCCCC2)s1. The molecule has 0 atom stereocenters. The van der Waals surface area contributed by atoms with Gasteiger partial charge in [-0.15, -0.1) is 11.3 Å². The lowest BCUT2D eigenvalue weighted by Crippen LogP contribution is -2.88. The average Bonchev–Trinajstić information content (AvgIpc) is 2.63. The van der Waals surface area contributed by atoms with Gasteiger partial charge in [-0.2, -0.15) is 0 Å². The van der Waals surface area contributed by atoms with Crippen molar-refractivity contribution in [2.24, 2.45) is 0 Å². The Kier molecular flexibility index (Phi) is 4.86. The molecule has 1 aromatic heterocycles. The predicted octanol–water partition coefficient (Wildman–Crippen LogP) is 3.23. The van der Waals surface area contributed by atoms with E-state index in [0.717, 1.165) is 6.04 Å². The third-order valence-electron chi connectivity index (χ3n) is 3.60. The Morgan fingerprint density at radius 1 is 1.12 bits per heavy atom. The quantitative estimate of drug-likeness (QED) is 0.832. The molecule has 0 radical (unpaired) electrons. The van der Waals surface area contributed by atoms with Gasteiger partial charge in [0.05, 0.1) is 10.9 Å². The van der Waals surface area contributed by atoms with Crippen molar-refractivity contribution in [3.05, 3.63) is 21.9 Å². The minimum absolute atomic E-state index is 0.891. The zero-order valence-electron chi connectivity index (χ0n) is 10.4. The average molecular weight is 238 g/mol. The first-order valence-corrected chi connectivity index (χ1v) is 7.55. The molecule has 1 nitrogen and oxygen atoms in total. The molecule has 0 unspecified atom stereocenters. The van der Waals surface area contributed by atoms with Crippen molar-refractivity contribution in [2.45, 2.75) is 64.5 Å². The summed E-state index contributed by atoms with van der Waals surface area (Å²) in [7, 11) is 0. The van der Waals surface area contributed by atoms with Crippen LogP contribution in [-0.2, 0) is 6.54 Å². The van der Waals surface area contributed by atoms with Crippen LogP contribution in [0.3, 0.4) is 0 Å². The van der Waals surface area contributed by atoms with Gasteiger partial charge in [-0.3, -0.25) is 0 Å². The summed E-state index contributed by atoms with van der Waals surface area (Å²) in [5.41, 5.74) is 0. The maximum absolute atomic E-state index is 2.58. The Bertz CT molecular complexity index is 297. The summed E-state index contributed by atoms with van der Waals surface area (Å²) in [5.74, 6) is 0. The summed E-state index contributed by atoms with van der Waals surface area (Å²) in [6.45, 7) is 3.40. The fraction of sp³-hybridized carbons (Fsp3) is 0.714. The molecule has 1 heterocycles. The summed E-state index contributed by atoms with van der Waals surface area (Å²) in [5, 5.41) is 2.58. The topological polar surface area (TPSA) is 16.6 Å². The molecule has 2 N–H and O–H groups in total. The van der Waals surface area contributed by atoms with E-state index in [4.69, 9.17) is 0 Å². The molecule has 2 heteroatoms. The van der Waals surface area contributed by atoms with E-state index in [2.05, 4.69) is 24.4 Å². The minimum Gasteiger partial charge on any atom is -0.339 e. The molecule has 0 bridgehead atoms. The second kappa shape index (κ2) is 6.41. The van der Waals surface area contributed by atoms with E-state index in [1.807, 2.05) is 11.3 Å². The fourth-order valence-electron chi connectivity index (χ4n) is 2.60. The largest absolute Gasteiger partial charge is 0.339 e. The second-order valence-corrected chi connectivity index (χ2v) is 6.43. The van der Waals surface area contributed by atoms with E-state index in [-0.39, 0.29) is 0 Å². The van der Waals surface area contributed by atoms with Crippen LogP contribution in [0.1, 0.15) is 54.7 Å². The van der Waals surface area contributed by atoms with Gasteiger partial charge in [0, 0.05) is 4.88 Å². The Morgan fingerprint density at radius 2 is 1.81 bits per heavy atom. The molecule has 1 aliphatic rings. The molecular weight excluding hydrogens is 214 g/mol. The maximum Gasteiger partial charge on any atom is 0.111 e. The Labute approximate surface area is 103 Å². The first-order chi connectivity index (χ1) is 7.84. The Hall–Kier alpha value is -0.340. The van der Waals surface area contributed by atoms with Crippen molar-refractivity contribution >= 4 is 11.3 Å². The lowest BCUT2D eigenvalue weighted by Gasteiger charge is -2.17. The van der Waals surface area contributed by atoms with E-state index in [0.29, 0.717) is 0 Å². The molecule has 0 amide bonds. The van der Waals surface area contributed by atoms with Crippen molar-refractivity contribution in [2.75, 3.05) is 0 Å². The van der Waals surface area contributed by atoms with Crippen LogP contribution in [0.25, 0.3) is 0 Å². The number of rotatable bonds is 3. The van der Waals surface area contributed by atoms with Gasteiger partial charge in [-0.1, -0.05) is 19.3 Å². The van der Waals surface area contributed by atoms with Crippen molar-refractivity contribution < 1.29 is 5.32 Å². The van der Waals surface area contributed by atoms with Gasteiger partial charge in [0.25, 0.3) is 0 Å². The zero-order valence-corrected chi connectivity index (χ0v) is 11.2. The van der Waals surface area contributed by atoms with E-state index >= 15 is 0 Å². The molecule has 2 rings (SSSR count). The molecule has 1 aromatic rings. The van der Waals surface area contributed by atoms with Crippen LogP contribution < -0.4 is 5.32 Å². The minimum atomic E-state index is 0.891. The van der Waals surface area contributed by atoms with Crippen molar-refractivity contribution in [1.82, 2.24) is 0 Å². The monoisotopic (exact) mass is 238 g/mol. The molecule has 0 aliphatic heterocycles. The number of hydrogen-bond acceptors (Lipinski definition) is 1. The third-order valence-corrected chi connectivity index (χ3v) is 4.62. The summed E-state index contributed by atoms with van der Waals surface area (Å²) in [4.78, 5) is 2.99. The Balaban J connectivity index is 1.75. The van der Waals surface area contributed by atoms with Gasteiger partial charge in [0.1, 0.15) is 6.54 Å². The number of quaternary nitrogens is 1. The molecule has 1 saturated carbocycles. The van der Waals surface area contributed by atoms with E-state index in [1.54, 1.807) is 4.88 Å². The molecule has 16 heavy (non-hydrogen) atoms. The van der Waals surface area contributed by atoms with Crippen LogP contribution in [0, 0.1) is 6.92 Å². The first-order valence-electron chi connectivity index (χ1n) is 6.73.